The molecule has 0 bridgehead atoms. The Balaban J connectivity index is 2.09. The van der Waals surface area contributed by atoms with Crippen molar-refractivity contribution in [2.75, 3.05) is 12.4 Å². The monoisotopic (exact) mass is 371 g/mol. The lowest BCUT2D eigenvalue weighted by molar-refractivity contribution is 0.0600. The van der Waals surface area contributed by atoms with Gasteiger partial charge >= 0.3 is 5.97 Å². The Kier molecular flexibility index (Phi) is 5.20. The van der Waals surface area contributed by atoms with Crippen LogP contribution >= 0.6 is 27.5 Å². The first-order chi connectivity index (χ1) is 10.0. The van der Waals surface area contributed by atoms with Crippen molar-refractivity contribution in [2.45, 2.75) is 6.54 Å². The van der Waals surface area contributed by atoms with E-state index in [-0.39, 0.29) is 5.02 Å². The van der Waals surface area contributed by atoms with Gasteiger partial charge < -0.3 is 10.1 Å². The number of ether oxygens (including phenoxy) is 1. The van der Waals surface area contributed by atoms with Crippen LogP contribution in [0.4, 0.5) is 10.1 Å². The SMILES string of the molecule is COC(=O)c1ccc(CNc2ccc(Cl)c(F)c2)c(Br)c1. The molecular formula is C15H12BrClFNO2. The Morgan fingerprint density at radius 1 is 1.33 bits per heavy atom. The minimum absolute atomic E-state index is 0.0872. The van der Waals surface area contributed by atoms with Crippen LogP contribution in [0.5, 0.6) is 0 Å². The fourth-order valence-corrected chi connectivity index (χ4v) is 2.38. The predicted octanol–water partition coefficient (Wildman–Crippen LogP) is 4.64. The Bertz CT molecular complexity index is 679. The van der Waals surface area contributed by atoms with Crippen molar-refractivity contribution in [3.8, 4) is 0 Å². The molecule has 0 amide bonds. The molecule has 110 valence electrons. The lowest BCUT2D eigenvalue weighted by Crippen LogP contribution is -2.04. The van der Waals surface area contributed by atoms with Gasteiger partial charge in [0.05, 0.1) is 17.7 Å². The van der Waals surface area contributed by atoms with E-state index in [0.29, 0.717) is 17.8 Å². The van der Waals surface area contributed by atoms with Crippen LogP contribution in [0.3, 0.4) is 0 Å². The summed E-state index contributed by atoms with van der Waals surface area (Å²) in [6.45, 7) is 0.475. The van der Waals surface area contributed by atoms with Gasteiger partial charge in [0, 0.05) is 16.7 Å². The third-order valence-corrected chi connectivity index (χ3v) is 3.92. The molecule has 6 heteroatoms. The topological polar surface area (TPSA) is 38.3 Å². The van der Waals surface area contributed by atoms with E-state index in [4.69, 9.17) is 11.6 Å². The van der Waals surface area contributed by atoms with Gasteiger partial charge in [-0.3, -0.25) is 0 Å². The van der Waals surface area contributed by atoms with Gasteiger partial charge in [0.1, 0.15) is 5.82 Å². The Hall–Kier alpha value is -1.59. The maximum absolute atomic E-state index is 13.3. The van der Waals surface area contributed by atoms with Crippen LogP contribution in [0, 0.1) is 5.82 Å². The molecule has 0 atom stereocenters. The van der Waals surface area contributed by atoms with E-state index in [1.54, 1.807) is 24.3 Å². The van der Waals surface area contributed by atoms with Crippen molar-refractivity contribution in [3.63, 3.8) is 0 Å². The molecule has 2 aromatic rings. The summed E-state index contributed by atoms with van der Waals surface area (Å²) in [5.41, 5.74) is 2.02. The van der Waals surface area contributed by atoms with E-state index in [9.17, 15) is 9.18 Å². The fraction of sp³-hybridized carbons (Fsp3) is 0.133. The van der Waals surface area contributed by atoms with E-state index in [1.165, 1.54) is 19.2 Å². The number of anilines is 1. The van der Waals surface area contributed by atoms with Crippen LogP contribution in [-0.2, 0) is 11.3 Å². The zero-order chi connectivity index (χ0) is 15.4. The molecule has 2 rings (SSSR count). The van der Waals surface area contributed by atoms with Crippen molar-refractivity contribution in [3.05, 3.63) is 62.8 Å². The van der Waals surface area contributed by atoms with Gasteiger partial charge in [-0.05, 0) is 35.9 Å². The highest BCUT2D eigenvalue weighted by molar-refractivity contribution is 9.10. The first-order valence-corrected chi connectivity index (χ1v) is 7.24. The molecule has 0 heterocycles. The van der Waals surface area contributed by atoms with Crippen LogP contribution in [0.1, 0.15) is 15.9 Å². The van der Waals surface area contributed by atoms with Gasteiger partial charge in [-0.1, -0.05) is 33.6 Å². The second-order valence-electron chi connectivity index (χ2n) is 4.28. The summed E-state index contributed by atoms with van der Waals surface area (Å²) in [5.74, 6) is -0.864. The first-order valence-electron chi connectivity index (χ1n) is 6.07. The molecule has 3 nitrogen and oxygen atoms in total. The lowest BCUT2D eigenvalue weighted by Gasteiger charge is -2.10. The Labute approximate surface area is 135 Å². The number of halogens is 3. The summed E-state index contributed by atoms with van der Waals surface area (Å²) in [5, 5.41) is 3.17. The molecule has 0 aliphatic heterocycles. The normalized spacial score (nSPS) is 10.3. The lowest BCUT2D eigenvalue weighted by atomic mass is 10.1. The Morgan fingerprint density at radius 3 is 2.71 bits per heavy atom. The molecule has 0 spiro atoms. The Morgan fingerprint density at radius 2 is 2.10 bits per heavy atom. The summed E-state index contributed by atoms with van der Waals surface area (Å²) >= 11 is 9.03. The van der Waals surface area contributed by atoms with Crippen molar-refractivity contribution in [1.29, 1.82) is 0 Å². The zero-order valence-corrected chi connectivity index (χ0v) is 13.5. The predicted molar refractivity (Wildman–Crippen MR) is 84.2 cm³/mol. The van der Waals surface area contributed by atoms with Crippen molar-refractivity contribution in [2.24, 2.45) is 0 Å². The highest BCUT2D eigenvalue weighted by atomic mass is 79.9. The van der Waals surface area contributed by atoms with Gasteiger partial charge in [0.2, 0.25) is 0 Å². The van der Waals surface area contributed by atoms with Crippen molar-refractivity contribution >= 4 is 39.2 Å². The molecule has 2 aromatic carbocycles. The zero-order valence-electron chi connectivity index (χ0n) is 11.1. The molecule has 0 unspecified atom stereocenters. The van der Waals surface area contributed by atoms with Crippen molar-refractivity contribution in [1.82, 2.24) is 0 Å². The summed E-state index contributed by atoms with van der Waals surface area (Å²) < 4.78 is 18.8. The van der Waals surface area contributed by atoms with Crippen molar-refractivity contribution < 1.29 is 13.9 Å². The number of rotatable bonds is 4. The molecule has 0 radical (unpaired) electrons. The van der Waals surface area contributed by atoms with Crippen LogP contribution in [0.15, 0.2) is 40.9 Å². The number of nitrogens with one attached hydrogen (secondary N) is 1. The van der Waals surface area contributed by atoms with Crippen LogP contribution in [0.2, 0.25) is 5.02 Å². The third-order valence-electron chi connectivity index (χ3n) is 2.88. The summed E-state index contributed by atoms with van der Waals surface area (Å²) in [4.78, 5) is 11.4. The summed E-state index contributed by atoms with van der Waals surface area (Å²) in [7, 11) is 1.33. The standard InChI is InChI=1S/C15H12BrClFNO2/c1-21-15(20)9-2-3-10(12(16)6-9)8-19-11-4-5-13(17)14(18)7-11/h2-7,19H,8H2,1H3. The molecule has 0 aromatic heterocycles. The van der Waals surface area contributed by atoms with Gasteiger partial charge in [0.25, 0.3) is 0 Å². The number of benzene rings is 2. The molecule has 0 saturated carbocycles. The number of esters is 1. The summed E-state index contributed by atoms with van der Waals surface area (Å²) in [6.07, 6.45) is 0. The number of carbonyl (C=O) groups is 1. The van der Waals surface area contributed by atoms with Gasteiger partial charge in [-0.25, -0.2) is 9.18 Å². The average Bonchev–Trinajstić information content (AvgIpc) is 2.48. The molecule has 0 aliphatic rings. The number of hydrogen-bond acceptors (Lipinski definition) is 3. The molecule has 0 aliphatic carbocycles. The quantitative estimate of drug-likeness (QED) is 0.795. The smallest absolute Gasteiger partial charge is 0.337 e. The summed E-state index contributed by atoms with van der Waals surface area (Å²) in [6, 6.07) is 9.69. The van der Waals surface area contributed by atoms with Gasteiger partial charge in [-0.2, -0.15) is 0 Å². The second kappa shape index (κ2) is 6.91. The fourth-order valence-electron chi connectivity index (χ4n) is 1.74. The maximum Gasteiger partial charge on any atom is 0.337 e. The largest absolute Gasteiger partial charge is 0.465 e. The van der Waals surface area contributed by atoms with Gasteiger partial charge in [-0.15, -0.1) is 0 Å². The highest BCUT2D eigenvalue weighted by Gasteiger charge is 2.08. The van der Waals surface area contributed by atoms with E-state index in [1.807, 2.05) is 0 Å². The van der Waals surface area contributed by atoms with E-state index < -0.39 is 11.8 Å². The third kappa shape index (κ3) is 3.95. The minimum Gasteiger partial charge on any atom is -0.465 e. The molecule has 0 fully saturated rings. The number of carbonyl (C=O) groups excluding carboxylic acids is 1. The maximum atomic E-state index is 13.3. The molecule has 1 N–H and O–H groups in total. The van der Waals surface area contributed by atoms with Crippen LogP contribution in [0.25, 0.3) is 0 Å². The minimum atomic E-state index is -0.471. The number of hydrogen-bond donors (Lipinski definition) is 1. The second-order valence-corrected chi connectivity index (χ2v) is 5.54. The van der Waals surface area contributed by atoms with E-state index in [0.717, 1.165) is 10.0 Å². The van der Waals surface area contributed by atoms with Crippen LogP contribution in [-0.4, -0.2) is 13.1 Å². The molecule has 0 saturated heterocycles. The highest BCUT2D eigenvalue weighted by Crippen LogP contribution is 2.22. The molecule has 21 heavy (non-hydrogen) atoms. The van der Waals surface area contributed by atoms with E-state index >= 15 is 0 Å². The van der Waals surface area contributed by atoms with E-state index in [2.05, 4.69) is 26.0 Å². The van der Waals surface area contributed by atoms with Gasteiger partial charge in [0.15, 0.2) is 0 Å². The van der Waals surface area contributed by atoms with Crippen LogP contribution < -0.4 is 5.32 Å². The first kappa shape index (κ1) is 15.8. The molecular weight excluding hydrogens is 361 g/mol. The number of methoxy groups -OCH3 is 1. The average molecular weight is 373 g/mol.